The van der Waals surface area contributed by atoms with Crippen molar-refractivity contribution in [2.45, 2.75) is 38.6 Å². The molecule has 2 heterocycles. The van der Waals surface area contributed by atoms with Gasteiger partial charge in [0.15, 0.2) is 0 Å². The van der Waals surface area contributed by atoms with Gasteiger partial charge in [0.05, 0.1) is 4.91 Å². The Bertz CT molecular complexity index is 1160. The molecule has 172 valence electrons. The molecule has 4 rings (SSSR count). The number of anilines is 2. The second-order valence-corrected chi connectivity index (χ2v) is 10.5. The van der Waals surface area contributed by atoms with Gasteiger partial charge in [-0.3, -0.25) is 19.3 Å². The summed E-state index contributed by atoms with van der Waals surface area (Å²) in [6, 6.07) is 12.8. The first-order valence-electron chi connectivity index (χ1n) is 10.7. The van der Waals surface area contributed by atoms with E-state index in [0.717, 1.165) is 34.3 Å². The van der Waals surface area contributed by atoms with E-state index in [0.29, 0.717) is 22.2 Å². The maximum Gasteiger partial charge on any atom is 0.294 e. The standard InChI is InChI=1S/C25H26ClN3O3S/c1-15-13-25(2,3)28(4)20-12-19(26)16(10-18(15)20)11-21-23(31)29(24(32)33-21)14-22(30)27-17-8-6-5-7-9-17/h5-12,15H,13-14H2,1-4H3,(H,27,30)/b21-11-/t15-/m0/s1. The summed E-state index contributed by atoms with van der Waals surface area (Å²) in [4.78, 5) is 41.2. The third-order valence-corrected chi connectivity index (χ3v) is 7.51. The third kappa shape index (κ3) is 4.66. The topological polar surface area (TPSA) is 69.7 Å². The maximum atomic E-state index is 12.9. The zero-order valence-corrected chi connectivity index (χ0v) is 20.6. The molecule has 2 aliphatic heterocycles. The quantitative estimate of drug-likeness (QED) is 0.562. The van der Waals surface area contributed by atoms with Gasteiger partial charge >= 0.3 is 0 Å². The van der Waals surface area contributed by atoms with Crippen LogP contribution in [0.2, 0.25) is 5.02 Å². The van der Waals surface area contributed by atoms with E-state index in [1.54, 1.807) is 30.3 Å². The van der Waals surface area contributed by atoms with Crippen LogP contribution in [0.4, 0.5) is 16.2 Å². The molecule has 0 unspecified atom stereocenters. The van der Waals surface area contributed by atoms with Crippen molar-refractivity contribution < 1.29 is 14.4 Å². The van der Waals surface area contributed by atoms with Crippen molar-refractivity contribution in [2.75, 3.05) is 23.8 Å². The van der Waals surface area contributed by atoms with Crippen LogP contribution < -0.4 is 10.2 Å². The number of carbonyl (C=O) groups excluding carboxylic acids is 3. The van der Waals surface area contributed by atoms with Crippen LogP contribution in [0.5, 0.6) is 0 Å². The van der Waals surface area contributed by atoms with Gasteiger partial charge in [0.25, 0.3) is 11.1 Å². The summed E-state index contributed by atoms with van der Waals surface area (Å²) < 4.78 is 0. The van der Waals surface area contributed by atoms with Crippen LogP contribution >= 0.6 is 23.4 Å². The molecular weight excluding hydrogens is 458 g/mol. The Hall–Kier alpha value is -2.77. The number of nitrogens with zero attached hydrogens (tertiary/aromatic N) is 2. The van der Waals surface area contributed by atoms with E-state index in [4.69, 9.17) is 11.6 Å². The van der Waals surface area contributed by atoms with Crippen molar-refractivity contribution in [3.8, 4) is 0 Å². The Morgan fingerprint density at radius 1 is 1.24 bits per heavy atom. The van der Waals surface area contributed by atoms with E-state index in [1.807, 2.05) is 18.2 Å². The summed E-state index contributed by atoms with van der Waals surface area (Å²) in [5, 5.41) is 2.73. The monoisotopic (exact) mass is 483 g/mol. The molecule has 0 spiro atoms. The normalized spacial score (nSPS) is 20.9. The molecule has 0 saturated carbocycles. The molecule has 0 radical (unpaired) electrons. The van der Waals surface area contributed by atoms with Gasteiger partial charge in [-0.2, -0.15) is 0 Å². The Balaban J connectivity index is 1.55. The van der Waals surface area contributed by atoms with Crippen molar-refractivity contribution in [1.29, 1.82) is 0 Å². The molecule has 1 atom stereocenters. The van der Waals surface area contributed by atoms with Crippen LogP contribution in [0.25, 0.3) is 6.08 Å². The van der Waals surface area contributed by atoms with Crippen LogP contribution in [0, 0.1) is 0 Å². The van der Waals surface area contributed by atoms with Crippen LogP contribution in [0.15, 0.2) is 47.4 Å². The van der Waals surface area contributed by atoms with E-state index in [9.17, 15) is 14.4 Å². The number of nitrogens with one attached hydrogen (secondary N) is 1. The highest BCUT2D eigenvalue weighted by Gasteiger charge is 2.37. The Labute approximate surface area is 203 Å². The lowest BCUT2D eigenvalue weighted by molar-refractivity contribution is -0.127. The average Bonchev–Trinajstić information content (AvgIpc) is 3.01. The molecule has 2 aromatic carbocycles. The number of imide groups is 1. The molecule has 2 aliphatic rings. The van der Waals surface area contributed by atoms with Crippen LogP contribution in [-0.2, 0) is 9.59 Å². The number of rotatable bonds is 4. The minimum absolute atomic E-state index is 0.0141. The van der Waals surface area contributed by atoms with Gasteiger partial charge < -0.3 is 10.2 Å². The van der Waals surface area contributed by atoms with Crippen LogP contribution in [0.1, 0.15) is 44.2 Å². The molecule has 33 heavy (non-hydrogen) atoms. The number of hydrogen-bond donors (Lipinski definition) is 1. The van der Waals surface area contributed by atoms with Gasteiger partial charge in [-0.15, -0.1) is 0 Å². The van der Waals surface area contributed by atoms with Crippen molar-refractivity contribution in [3.05, 3.63) is 63.5 Å². The summed E-state index contributed by atoms with van der Waals surface area (Å²) >= 11 is 7.41. The summed E-state index contributed by atoms with van der Waals surface area (Å²) in [6.45, 7) is 6.26. The number of halogens is 1. The number of para-hydroxylation sites is 1. The molecule has 0 aromatic heterocycles. The average molecular weight is 484 g/mol. The van der Waals surface area contributed by atoms with Crippen LogP contribution in [-0.4, -0.2) is 41.1 Å². The maximum absolute atomic E-state index is 12.9. The summed E-state index contributed by atoms with van der Waals surface area (Å²) in [7, 11) is 2.06. The van der Waals surface area contributed by atoms with E-state index in [1.165, 1.54) is 0 Å². The van der Waals surface area contributed by atoms with Crippen molar-refractivity contribution in [2.24, 2.45) is 0 Å². The summed E-state index contributed by atoms with van der Waals surface area (Å²) in [5.74, 6) is -0.600. The fourth-order valence-corrected chi connectivity index (χ4v) is 5.40. The first-order chi connectivity index (χ1) is 15.6. The first kappa shape index (κ1) is 23.4. The number of carbonyl (C=O) groups is 3. The predicted molar refractivity (Wildman–Crippen MR) is 135 cm³/mol. The summed E-state index contributed by atoms with van der Waals surface area (Å²) in [6.07, 6.45) is 2.64. The molecule has 6 nitrogen and oxygen atoms in total. The predicted octanol–water partition coefficient (Wildman–Crippen LogP) is 5.74. The van der Waals surface area contributed by atoms with Gasteiger partial charge in [0.2, 0.25) is 5.91 Å². The Kier molecular flexibility index (Phi) is 6.29. The van der Waals surface area contributed by atoms with Crippen LogP contribution in [0.3, 0.4) is 0 Å². The van der Waals surface area contributed by atoms with Crippen molar-refractivity contribution >= 4 is 57.9 Å². The highest BCUT2D eigenvalue weighted by molar-refractivity contribution is 8.18. The van der Waals surface area contributed by atoms with E-state index < -0.39 is 17.1 Å². The second-order valence-electron chi connectivity index (χ2n) is 9.09. The van der Waals surface area contributed by atoms with E-state index in [-0.39, 0.29) is 17.0 Å². The molecule has 1 saturated heterocycles. The SMILES string of the molecule is C[C@H]1CC(C)(C)N(C)c2cc(Cl)c(/C=C3\SC(=O)N(CC(=O)Nc4ccccc4)C3=O)cc21. The van der Waals surface area contributed by atoms with Gasteiger partial charge in [-0.05, 0) is 79.4 Å². The number of benzene rings is 2. The lowest BCUT2D eigenvalue weighted by Gasteiger charge is -2.45. The highest BCUT2D eigenvalue weighted by Crippen LogP contribution is 2.45. The van der Waals surface area contributed by atoms with Gasteiger partial charge in [0.1, 0.15) is 6.54 Å². The Morgan fingerprint density at radius 2 is 1.94 bits per heavy atom. The van der Waals surface area contributed by atoms with Gasteiger partial charge in [0, 0.05) is 29.0 Å². The fourth-order valence-electron chi connectivity index (χ4n) is 4.36. The molecule has 8 heteroatoms. The van der Waals surface area contributed by atoms with Crippen molar-refractivity contribution in [1.82, 2.24) is 4.90 Å². The first-order valence-corrected chi connectivity index (χ1v) is 11.9. The zero-order chi connectivity index (χ0) is 23.9. The number of hydrogen-bond acceptors (Lipinski definition) is 5. The second kappa shape index (κ2) is 8.88. The smallest absolute Gasteiger partial charge is 0.294 e. The molecule has 0 aliphatic carbocycles. The molecular formula is C25H26ClN3O3S. The Morgan fingerprint density at radius 3 is 2.64 bits per heavy atom. The molecule has 0 bridgehead atoms. The fraction of sp³-hybridized carbons (Fsp3) is 0.320. The minimum atomic E-state index is -0.492. The number of thioether (sulfide) groups is 1. The molecule has 2 aromatic rings. The highest BCUT2D eigenvalue weighted by atomic mass is 35.5. The number of fused-ring (bicyclic) bond motifs is 1. The third-order valence-electron chi connectivity index (χ3n) is 6.27. The number of amides is 3. The minimum Gasteiger partial charge on any atom is -0.369 e. The van der Waals surface area contributed by atoms with E-state index in [2.05, 4.69) is 38.0 Å². The van der Waals surface area contributed by atoms with Gasteiger partial charge in [-0.25, -0.2) is 0 Å². The van der Waals surface area contributed by atoms with Gasteiger partial charge in [-0.1, -0.05) is 36.7 Å². The lowest BCUT2D eigenvalue weighted by atomic mass is 9.80. The van der Waals surface area contributed by atoms with E-state index >= 15 is 0 Å². The molecule has 1 N–H and O–H groups in total. The molecule has 3 amide bonds. The summed E-state index contributed by atoms with van der Waals surface area (Å²) in [5.41, 5.74) is 3.54. The molecule has 1 fully saturated rings. The lowest BCUT2D eigenvalue weighted by Crippen LogP contribution is -2.45. The van der Waals surface area contributed by atoms with Crippen molar-refractivity contribution in [3.63, 3.8) is 0 Å². The zero-order valence-electron chi connectivity index (χ0n) is 19.0. The largest absolute Gasteiger partial charge is 0.369 e.